The number of carbonyl (C=O) groups is 1. The van der Waals surface area contributed by atoms with E-state index in [4.69, 9.17) is 8.83 Å². The van der Waals surface area contributed by atoms with E-state index in [9.17, 15) is 14.9 Å². The van der Waals surface area contributed by atoms with Crippen molar-refractivity contribution < 1.29 is 18.6 Å². The molecule has 174 valence electrons. The second-order valence-electron chi connectivity index (χ2n) is 8.57. The number of nitrogens with zero attached hydrogens (tertiary/aromatic N) is 1. The van der Waals surface area contributed by atoms with Crippen LogP contribution in [0.15, 0.2) is 106 Å². The molecule has 6 nitrogen and oxygen atoms in total. The second kappa shape index (κ2) is 8.36. The van der Waals surface area contributed by atoms with E-state index in [2.05, 4.69) is 0 Å². The summed E-state index contributed by atoms with van der Waals surface area (Å²) in [6.45, 7) is 1.84. The molecule has 2 aromatic heterocycles. The molecule has 0 bridgehead atoms. The maximum atomic E-state index is 13.2. The van der Waals surface area contributed by atoms with Crippen molar-refractivity contribution in [1.82, 2.24) is 0 Å². The van der Waals surface area contributed by atoms with Crippen LogP contribution in [0.25, 0.3) is 44.4 Å². The fourth-order valence-electron chi connectivity index (χ4n) is 4.58. The van der Waals surface area contributed by atoms with Crippen molar-refractivity contribution in [3.63, 3.8) is 0 Å². The van der Waals surface area contributed by atoms with Gasteiger partial charge in [-0.05, 0) is 30.7 Å². The number of ketones is 1. The summed E-state index contributed by atoms with van der Waals surface area (Å²) in [6.07, 6.45) is 0. The first-order chi connectivity index (χ1) is 17.5. The van der Waals surface area contributed by atoms with Crippen molar-refractivity contribution in [3.05, 3.63) is 124 Å². The fraction of sp³-hybridized carbons (Fsp3) is 0.0333. The first-order valence-corrected chi connectivity index (χ1v) is 11.4. The van der Waals surface area contributed by atoms with Crippen LogP contribution in [0.2, 0.25) is 0 Å². The molecule has 0 saturated carbocycles. The largest absolute Gasteiger partial charge is 0.455 e. The Hall–Kier alpha value is -4.97. The molecule has 0 N–H and O–H groups in total. The Morgan fingerprint density at radius 3 is 2.00 bits per heavy atom. The smallest absolute Gasteiger partial charge is 0.269 e. The molecule has 0 spiro atoms. The number of furan rings is 2. The number of nitro benzene ring substituents is 1. The minimum absolute atomic E-state index is 0.0732. The summed E-state index contributed by atoms with van der Waals surface area (Å²) in [5, 5.41) is 12.7. The molecule has 0 fully saturated rings. The van der Waals surface area contributed by atoms with Crippen molar-refractivity contribution in [3.8, 4) is 22.5 Å². The maximum Gasteiger partial charge on any atom is 0.269 e. The predicted octanol–water partition coefficient (Wildman–Crippen LogP) is 7.96. The van der Waals surface area contributed by atoms with Crippen LogP contribution in [0.3, 0.4) is 0 Å². The summed E-state index contributed by atoms with van der Waals surface area (Å²) in [5.74, 6) is 0.642. The minimum atomic E-state index is -0.496. The van der Waals surface area contributed by atoms with E-state index in [1.165, 1.54) is 24.3 Å². The normalized spacial score (nSPS) is 11.2. The standard InChI is InChI=1S/C30H19NO5/c1-18-23-16-24-26(17-25(23)35-29(18)28(32)20-12-14-22(15-13-20)31(33)34)36-30(21-10-6-3-7-11-21)27(24)19-8-4-2-5-9-19/h2-17H,1H3. The molecule has 36 heavy (non-hydrogen) atoms. The number of aryl methyl sites for hydroxylation is 1. The summed E-state index contributed by atoms with van der Waals surface area (Å²) in [6, 6.07) is 29.3. The minimum Gasteiger partial charge on any atom is -0.455 e. The third-order valence-electron chi connectivity index (χ3n) is 6.39. The van der Waals surface area contributed by atoms with Crippen molar-refractivity contribution in [2.75, 3.05) is 0 Å². The molecule has 2 heterocycles. The maximum absolute atomic E-state index is 13.2. The van der Waals surface area contributed by atoms with Crippen LogP contribution in [0, 0.1) is 17.0 Å². The quantitative estimate of drug-likeness (QED) is 0.144. The van der Waals surface area contributed by atoms with Crippen LogP contribution >= 0.6 is 0 Å². The van der Waals surface area contributed by atoms with Gasteiger partial charge in [-0.15, -0.1) is 0 Å². The van der Waals surface area contributed by atoms with E-state index in [0.29, 0.717) is 22.3 Å². The van der Waals surface area contributed by atoms with E-state index in [1.54, 1.807) is 0 Å². The molecule has 6 aromatic rings. The number of fused-ring (bicyclic) bond motifs is 2. The summed E-state index contributed by atoms with van der Waals surface area (Å²) in [5.41, 5.74) is 5.12. The highest BCUT2D eigenvalue weighted by Gasteiger charge is 2.24. The van der Waals surface area contributed by atoms with Gasteiger partial charge in [-0.25, -0.2) is 0 Å². The third kappa shape index (κ3) is 3.47. The van der Waals surface area contributed by atoms with E-state index < -0.39 is 4.92 Å². The van der Waals surface area contributed by atoms with Crippen LogP contribution in [0.1, 0.15) is 21.7 Å². The molecule has 0 amide bonds. The highest BCUT2D eigenvalue weighted by Crippen LogP contribution is 2.43. The molecule has 0 atom stereocenters. The molecule has 0 aliphatic heterocycles. The summed E-state index contributed by atoms with van der Waals surface area (Å²) < 4.78 is 12.4. The van der Waals surface area contributed by atoms with Gasteiger partial charge < -0.3 is 8.83 Å². The lowest BCUT2D eigenvalue weighted by Crippen LogP contribution is -2.01. The molecule has 0 aliphatic carbocycles. The Morgan fingerprint density at radius 1 is 0.750 bits per heavy atom. The van der Waals surface area contributed by atoms with Gasteiger partial charge in [0.15, 0.2) is 5.76 Å². The molecular formula is C30H19NO5. The Kier molecular flexibility index (Phi) is 5.00. The van der Waals surface area contributed by atoms with Gasteiger partial charge in [-0.1, -0.05) is 60.7 Å². The first kappa shape index (κ1) is 21.6. The average Bonchev–Trinajstić information content (AvgIpc) is 3.45. The molecule has 0 saturated heterocycles. The summed E-state index contributed by atoms with van der Waals surface area (Å²) in [4.78, 5) is 23.6. The van der Waals surface area contributed by atoms with Crippen LogP contribution in [-0.4, -0.2) is 10.7 Å². The number of nitro groups is 1. The number of non-ortho nitro benzene ring substituents is 1. The van der Waals surface area contributed by atoms with E-state index in [1.807, 2.05) is 79.7 Å². The molecule has 0 radical (unpaired) electrons. The SMILES string of the molecule is Cc1c(C(=O)c2ccc([N+](=O)[O-])cc2)oc2cc3oc(-c4ccccc4)c(-c4ccccc4)c3cc12. The zero-order valence-corrected chi connectivity index (χ0v) is 19.2. The zero-order chi connectivity index (χ0) is 24.8. The van der Waals surface area contributed by atoms with Crippen molar-refractivity contribution >= 4 is 33.4 Å². The van der Waals surface area contributed by atoms with Crippen LogP contribution in [-0.2, 0) is 0 Å². The Morgan fingerprint density at radius 2 is 1.36 bits per heavy atom. The number of carbonyl (C=O) groups excluding carboxylic acids is 1. The van der Waals surface area contributed by atoms with Crippen molar-refractivity contribution in [2.45, 2.75) is 6.92 Å². The molecular weight excluding hydrogens is 454 g/mol. The molecule has 6 heteroatoms. The molecule has 4 aromatic carbocycles. The topological polar surface area (TPSA) is 86.5 Å². The number of hydrogen-bond donors (Lipinski definition) is 0. The van der Waals surface area contributed by atoms with E-state index in [-0.39, 0.29) is 17.2 Å². The Balaban J connectivity index is 1.53. The Bertz CT molecular complexity index is 1760. The molecule has 0 aliphatic rings. The highest BCUT2D eigenvalue weighted by atomic mass is 16.6. The summed E-state index contributed by atoms with van der Waals surface area (Å²) in [7, 11) is 0. The fourth-order valence-corrected chi connectivity index (χ4v) is 4.58. The van der Waals surface area contributed by atoms with Crippen molar-refractivity contribution in [1.29, 1.82) is 0 Å². The van der Waals surface area contributed by atoms with Gasteiger partial charge in [-0.2, -0.15) is 0 Å². The Labute approximate surface area is 205 Å². The van der Waals surface area contributed by atoms with E-state index >= 15 is 0 Å². The van der Waals surface area contributed by atoms with Gasteiger partial charge in [0.2, 0.25) is 5.78 Å². The monoisotopic (exact) mass is 473 g/mol. The third-order valence-corrected chi connectivity index (χ3v) is 6.39. The van der Waals surface area contributed by atoms with Crippen LogP contribution in [0.4, 0.5) is 5.69 Å². The van der Waals surface area contributed by atoms with Crippen molar-refractivity contribution in [2.24, 2.45) is 0 Å². The van der Waals surface area contributed by atoms with E-state index in [0.717, 1.165) is 33.2 Å². The summed E-state index contributed by atoms with van der Waals surface area (Å²) >= 11 is 0. The first-order valence-electron chi connectivity index (χ1n) is 11.4. The lowest BCUT2D eigenvalue weighted by molar-refractivity contribution is -0.384. The van der Waals surface area contributed by atoms with Gasteiger partial charge in [0, 0.05) is 51.2 Å². The molecule has 0 unspecified atom stereocenters. The van der Waals surface area contributed by atoms with Gasteiger partial charge >= 0.3 is 0 Å². The second-order valence-corrected chi connectivity index (χ2v) is 8.57. The zero-order valence-electron chi connectivity index (χ0n) is 19.2. The highest BCUT2D eigenvalue weighted by molar-refractivity contribution is 6.13. The number of hydrogen-bond acceptors (Lipinski definition) is 5. The molecule has 6 rings (SSSR count). The van der Waals surface area contributed by atoms with Gasteiger partial charge in [0.05, 0.1) is 4.92 Å². The van der Waals surface area contributed by atoms with Gasteiger partial charge in [0.25, 0.3) is 5.69 Å². The number of rotatable bonds is 5. The van der Waals surface area contributed by atoms with Crippen LogP contribution in [0.5, 0.6) is 0 Å². The number of benzene rings is 4. The van der Waals surface area contributed by atoms with Gasteiger partial charge in [0.1, 0.15) is 16.9 Å². The lowest BCUT2D eigenvalue weighted by atomic mass is 9.97. The van der Waals surface area contributed by atoms with Crippen LogP contribution < -0.4 is 0 Å². The van der Waals surface area contributed by atoms with Gasteiger partial charge in [-0.3, -0.25) is 14.9 Å². The predicted molar refractivity (Wildman–Crippen MR) is 138 cm³/mol. The lowest BCUT2D eigenvalue weighted by Gasteiger charge is -2.04. The average molecular weight is 473 g/mol.